The number of morpholine rings is 1. The number of anilines is 1. The summed E-state index contributed by atoms with van der Waals surface area (Å²) < 4.78 is 11.6. The maximum Gasteiger partial charge on any atom is 0.359 e. The molecule has 0 unspecified atom stereocenters. The highest BCUT2D eigenvalue weighted by Crippen LogP contribution is 2.12. The molecule has 1 aromatic carbocycles. The molecule has 9 heteroatoms. The van der Waals surface area contributed by atoms with E-state index >= 15 is 0 Å². The average Bonchev–Trinajstić information content (AvgIpc) is 2.79. The first-order chi connectivity index (χ1) is 15.0. The lowest BCUT2D eigenvalue weighted by atomic mass is 10.2. The Balaban J connectivity index is 1.47. The number of carbonyl (C=O) groups is 2. The largest absolute Gasteiger partial charge is 0.451 e. The molecular weight excluding hydrogens is 400 g/mol. The van der Waals surface area contributed by atoms with Gasteiger partial charge in [-0.2, -0.15) is 5.10 Å². The topological polar surface area (TPSA) is 103 Å². The summed E-state index contributed by atoms with van der Waals surface area (Å²) in [6.45, 7) is 6.15. The first-order valence-corrected chi connectivity index (χ1v) is 10.5. The highest BCUT2D eigenvalue weighted by molar-refractivity contribution is 5.94. The number of ether oxygens (including phenoxy) is 2. The number of unbranched alkanes of at least 4 members (excludes halogenated alkanes) is 1. The third-order valence-electron chi connectivity index (χ3n) is 4.88. The van der Waals surface area contributed by atoms with Gasteiger partial charge in [-0.15, -0.1) is 0 Å². The second kappa shape index (κ2) is 11.4. The van der Waals surface area contributed by atoms with E-state index in [0.717, 1.165) is 51.3 Å². The molecule has 1 aromatic heterocycles. The first kappa shape index (κ1) is 22.6. The SMILES string of the molecule is CCCCn1nc(C(=O)OCC(=O)Nc2ccc(CN3CCOCC3)cc2)ccc1=O. The van der Waals surface area contributed by atoms with Crippen LogP contribution < -0.4 is 10.9 Å². The summed E-state index contributed by atoms with van der Waals surface area (Å²) in [6.07, 6.45) is 1.68. The second-order valence-corrected chi connectivity index (χ2v) is 7.34. The summed E-state index contributed by atoms with van der Waals surface area (Å²) in [5.74, 6) is -1.20. The molecule has 0 atom stereocenters. The normalized spacial score (nSPS) is 14.2. The fraction of sp³-hybridized carbons (Fsp3) is 0.455. The number of hydrogen-bond acceptors (Lipinski definition) is 7. The van der Waals surface area contributed by atoms with Gasteiger partial charge in [-0.3, -0.25) is 14.5 Å². The van der Waals surface area contributed by atoms with Gasteiger partial charge in [-0.25, -0.2) is 9.48 Å². The first-order valence-electron chi connectivity index (χ1n) is 10.5. The van der Waals surface area contributed by atoms with E-state index in [4.69, 9.17) is 9.47 Å². The number of amides is 1. The fourth-order valence-electron chi connectivity index (χ4n) is 3.14. The third-order valence-corrected chi connectivity index (χ3v) is 4.88. The Bertz CT molecular complexity index is 936. The summed E-state index contributed by atoms with van der Waals surface area (Å²) >= 11 is 0. The van der Waals surface area contributed by atoms with Gasteiger partial charge in [0.15, 0.2) is 12.3 Å². The summed E-state index contributed by atoms with van der Waals surface area (Å²) in [6, 6.07) is 10.1. The van der Waals surface area contributed by atoms with Gasteiger partial charge in [-0.1, -0.05) is 25.5 Å². The standard InChI is InChI=1S/C22H28N4O5/c1-2-3-10-26-21(28)9-8-19(24-26)22(29)31-16-20(27)23-18-6-4-17(5-7-18)15-25-11-13-30-14-12-25/h4-9H,2-3,10-16H2,1H3,(H,23,27). The van der Waals surface area contributed by atoms with Gasteiger partial charge in [0.1, 0.15) is 0 Å². The lowest BCUT2D eigenvalue weighted by Crippen LogP contribution is -2.35. The molecule has 3 rings (SSSR count). The highest BCUT2D eigenvalue weighted by atomic mass is 16.5. The molecule has 166 valence electrons. The Morgan fingerprint density at radius 1 is 1.13 bits per heavy atom. The van der Waals surface area contributed by atoms with E-state index in [1.807, 2.05) is 31.2 Å². The minimum Gasteiger partial charge on any atom is -0.451 e. The summed E-state index contributed by atoms with van der Waals surface area (Å²) in [7, 11) is 0. The van der Waals surface area contributed by atoms with E-state index in [-0.39, 0.29) is 11.3 Å². The van der Waals surface area contributed by atoms with Crippen LogP contribution in [0.4, 0.5) is 5.69 Å². The highest BCUT2D eigenvalue weighted by Gasteiger charge is 2.14. The molecule has 1 N–H and O–H groups in total. The fourth-order valence-corrected chi connectivity index (χ4v) is 3.14. The van der Waals surface area contributed by atoms with Crippen molar-refractivity contribution in [2.75, 3.05) is 38.2 Å². The lowest BCUT2D eigenvalue weighted by Gasteiger charge is -2.26. The van der Waals surface area contributed by atoms with E-state index in [1.54, 1.807) is 0 Å². The van der Waals surface area contributed by atoms with Crippen LogP contribution in [0.3, 0.4) is 0 Å². The predicted octanol–water partition coefficient (Wildman–Crippen LogP) is 1.67. The van der Waals surface area contributed by atoms with Crippen LogP contribution in [0, 0.1) is 0 Å². The minimum absolute atomic E-state index is 0.00373. The molecule has 0 saturated carbocycles. The Hall–Kier alpha value is -3.04. The summed E-state index contributed by atoms with van der Waals surface area (Å²) in [5.41, 5.74) is 1.49. The van der Waals surface area contributed by atoms with Crippen LogP contribution >= 0.6 is 0 Å². The molecule has 1 aliphatic rings. The number of hydrogen-bond donors (Lipinski definition) is 1. The number of benzene rings is 1. The molecule has 9 nitrogen and oxygen atoms in total. The Labute approximate surface area is 181 Å². The monoisotopic (exact) mass is 428 g/mol. The minimum atomic E-state index is -0.749. The van der Waals surface area contributed by atoms with Crippen molar-refractivity contribution in [3.63, 3.8) is 0 Å². The Kier molecular flexibility index (Phi) is 8.31. The van der Waals surface area contributed by atoms with Gasteiger partial charge < -0.3 is 14.8 Å². The van der Waals surface area contributed by atoms with Crippen molar-refractivity contribution in [3.8, 4) is 0 Å². The molecule has 2 aromatic rings. The van der Waals surface area contributed by atoms with Gasteiger partial charge in [0.05, 0.1) is 13.2 Å². The van der Waals surface area contributed by atoms with Gasteiger partial charge >= 0.3 is 5.97 Å². The van der Waals surface area contributed by atoms with E-state index in [2.05, 4.69) is 15.3 Å². The molecule has 0 spiro atoms. The van der Waals surface area contributed by atoms with Crippen molar-refractivity contribution >= 4 is 17.6 Å². The van der Waals surface area contributed by atoms with Crippen LogP contribution in [0.15, 0.2) is 41.2 Å². The van der Waals surface area contributed by atoms with Crippen LogP contribution in [-0.4, -0.2) is 59.5 Å². The lowest BCUT2D eigenvalue weighted by molar-refractivity contribution is -0.119. The van der Waals surface area contributed by atoms with Gasteiger partial charge in [-0.05, 0) is 30.2 Å². The zero-order chi connectivity index (χ0) is 22.1. The van der Waals surface area contributed by atoms with Crippen LogP contribution in [-0.2, 0) is 27.4 Å². The third kappa shape index (κ3) is 7.01. The van der Waals surface area contributed by atoms with Crippen LogP contribution in [0.25, 0.3) is 0 Å². The van der Waals surface area contributed by atoms with Gasteiger partial charge in [0.25, 0.3) is 11.5 Å². The van der Waals surface area contributed by atoms with Crippen molar-refractivity contribution in [2.24, 2.45) is 0 Å². The van der Waals surface area contributed by atoms with E-state index in [9.17, 15) is 14.4 Å². The number of aromatic nitrogens is 2. The number of esters is 1. The van der Waals surface area contributed by atoms with Crippen molar-refractivity contribution in [3.05, 3.63) is 58.0 Å². The van der Waals surface area contributed by atoms with Crippen LogP contribution in [0.2, 0.25) is 0 Å². The number of aryl methyl sites for hydroxylation is 1. The molecule has 0 aliphatic carbocycles. The predicted molar refractivity (Wildman–Crippen MR) is 115 cm³/mol. The molecular formula is C22H28N4O5. The average molecular weight is 428 g/mol. The van der Waals surface area contributed by atoms with Crippen molar-refractivity contribution in [1.82, 2.24) is 14.7 Å². The van der Waals surface area contributed by atoms with E-state index in [0.29, 0.717) is 12.2 Å². The molecule has 1 fully saturated rings. The Morgan fingerprint density at radius 3 is 2.58 bits per heavy atom. The van der Waals surface area contributed by atoms with Crippen molar-refractivity contribution < 1.29 is 19.1 Å². The smallest absolute Gasteiger partial charge is 0.359 e. The molecule has 0 bridgehead atoms. The second-order valence-electron chi connectivity index (χ2n) is 7.34. The molecule has 0 radical (unpaired) electrons. The zero-order valence-electron chi connectivity index (χ0n) is 17.7. The summed E-state index contributed by atoms with van der Waals surface area (Å²) in [4.78, 5) is 38.4. The molecule has 1 aliphatic heterocycles. The number of nitrogens with one attached hydrogen (secondary N) is 1. The quantitative estimate of drug-likeness (QED) is 0.606. The molecule has 2 heterocycles. The summed E-state index contributed by atoms with van der Waals surface area (Å²) in [5, 5.41) is 6.72. The van der Waals surface area contributed by atoms with E-state index < -0.39 is 18.5 Å². The van der Waals surface area contributed by atoms with Gasteiger partial charge in [0, 0.05) is 37.9 Å². The molecule has 31 heavy (non-hydrogen) atoms. The van der Waals surface area contributed by atoms with E-state index in [1.165, 1.54) is 16.8 Å². The maximum absolute atomic E-state index is 12.2. The van der Waals surface area contributed by atoms with Crippen molar-refractivity contribution in [2.45, 2.75) is 32.9 Å². The number of rotatable bonds is 9. The molecule has 1 amide bonds. The number of carbonyl (C=O) groups excluding carboxylic acids is 2. The Morgan fingerprint density at radius 2 is 1.87 bits per heavy atom. The maximum atomic E-state index is 12.2. The molecule has 1 saturated heterocycles. The number of nitrogens with zero attached hydrogens (tertiary/aromatic N) is 3. The van der Waals surface area contributed by atoms with Crippen LogP contribution in [0.1, 0.15) is 35.8 Å². The zero-order valence-corrected chi connectivity index (χ0v) is 17.7. The van der Waals surface area contributed by atoms with Crippen LogP contribution in [0.5, 0.6) is 0 Å². The van der Waals surface area contributed by atoms with Gasteiger partial charge in [0.2, 0.25) is 0 Å². The van der Waals surface area contributed by atoms with Crippen molar-refractivity contribution in [1.29, 1.82) is 0 Å².